The van der Waals surface area contributed by atoms with Gasteiger partial charge in [-0.1, -0.05) is 54.6 Å². The van der Waals surface area contributed by atoms with Crippen LogP contribution in [-0.4, -0.2) is 18.2 Å². The predicted molar refractivity (Wildman–Crippen MR) is 108 cm³/mol. The number of carbonyl (C=O) groups excluding carboxylic acids is 2. The van der Waals surface area contributed by atoms with Gasteiger partial charge in [-0.3, -0.25) is 9.59 Å². The van der Waals surface area contributed by atoms with Gasteiger partial charge < -0.3 is 10.6 Å². The van der Waals surface area contributed by atoms with Crippen molar-refractivity contribution < 1.29 is 9.59 Å². The molecule has 2 aromatic carbocycles. The fraction of sp³-hybridized carbons (Fsp3) is 0.130. The molecule has 134 valence electrons. The van der Waals surface area contributed by atoms with E-state index in [0.29, 0.717) is 11.3 Å². The number of para-hydroxylation sites is 2. The molecule has 27 heavy (non-hydrogen) atoms. The Bertz CT molecular complexity index is 991. The van der Waals surface area contributed by atoms with Crippen LogP contribution < -0.4 is 10.6 Å². The zero-order valence-electron chi connectivity index (χ0n) is 14.9. The number of amides is 1. The highest BCUT2D eigenvalue weighted by Crippen LogP contribution is 2.29. The van der Waals surface area contributed by atoms with Gasteiger partial charge in [-0.15, -0.1) is 0 Å². The van der Waals surface area contributed by atoms with Crippen molar-refractivity contribution in [2.24, 2.45) is 0 Å². The first-order chi connectivity index (χ1) is 13.1. The molecular formula is C23H20N2O2. The Morgan fingerprint density at radius 2 is 1.59 bits per heavy atom. The molecule has 4 nitrogen and oxygen atoms in total. The molecule has 5 rings (SSSR count). The molecule has 0 spiro atoms. The number of benzene rings is 2. The number of ketones is 1. The Kier molecular flexibility index (Phi) is 4.47. The van der Waals surface area contributed by atoms with E-state index in [9.17, 15) is 9.59 Å². The van der Waals surface area contributed by atoms with Gasteiger partial charge in [0.25, 0.3) is 5.91 Å². The molecule has 0 radical (unpaired) electrons. The van der Waals surface area contributed by atoms with E-state index in [2.05, 4.69) is 6.07 Å². The highest BCUT2D eigenvalue weighted by Gasteiger charge is 2.24. The van der Waals surface area contributed by atoms with Crippen LogP contribution in [0.4, 0.5) is 11.4 Å². The van der Waals surface area contributed by atoms with Gasteiger partial charge in [-0.2, -0.15) is 0 Å². The summed E-state index contributed by atoms with van der Waals surface area (Å²) in [6.45, 7) is 0.754. The SMILES string of the molecule is Nc1ccccc1C(=O)N1CCCc2ccccc21.O=C1C2=CC=C1C=C2. The number of allylic oxidation sites excluding steroid dienone is 6. The number of carbonyl (C=O) groups is 2. The Labute approximate surface area is 158 Å². The van der Waals surface area contributed by atoms with Gasteiger partial charge in [0.2, 0.25) is 0 Å². The summed E-state index contributed by atoms with van der Waals surface area (Å²) in [7, 11) is 0. The van der Waals surface area contributed by atoms with Crippen molar-refractivity contribution in [3.05, 3.63) is 95.1 Å². The second kappa shape index (κ2) is 7.08. The quantitative estimate of drug-likeness (QED) is 0.789. The minimum atomic E-state index is -0.00903. The number of nitrogen functional groups attached to an aromatic ring is 1. The molecule has 0 atom stereocenters. The average Bonchev–Trinajstić information content (AvgIpc) is 3.25. The number of aryl methyl sites for hydroxylation is 1. The second-order valence-electron chi connectivity index (χ2n) is 6.68. The molecule has 4 heteroatoms. The lowest BCUT2D eigenvalue weighted by Gasteiger charge is -2.29. The van der Waals surface area contributed by atoms with Gasteiger partial charge in [-0.05, 0) is 36.6 Å². The van der Waals surface area contributed by atoms with Gasteiger partial charge in [-0.25, -0.2) is 0 Å². The smallest absolute Gasteiger partial charge is 0.260 e. The van der Waals surface area contributed by atoms with E-state index in [-0.39, 0.29) is 11.7 Å². The van der Waals surface area contributed by atoms with Crippen molar-refractivity contribution in [2.45, 2.75) is 12.8 Å². The van der Waals surface area contributed by atoms with Gasteiger partial charge >= 0.3 is 0 Å². The first-order valence-electron chi connectivity index (χ1n) is 9.04. The van der Waals surface area contributed by atoms with E-state index >= 15 is 0 Å². The van der Waals surface area contributed by atoms with Crippen LogP contribution in [0.5, 0.6) is 0 Å². The molecule has 0 saturated carbocycles. The number of anilines is 2. The lowest BCUT2D eigenvalue weighted by molar-refractivity contribution is -0.111. The van der Waals surface area contributed by atoms with Crippen molar-refractivity contribution in [3.63, 3.8) is 0 Å². The molecule has 2 N–H and O–H groups in total. The topological polar surface area (TPSA) is 63.4 Å². The largest absolute Gasteiger partial charge is 0.398 e. The van der Waals surface area contributed by atoms with E-state index < -0.39 is 0 Å². The van der Waals surface area contributed by atoms with Crippen LogP contribution in [0.2, 0.25) is 0 Å². The highest BCUT2D eigenvalue weighted by atomic mass is 16.2. The monoisotopic (exact) mass is 356 g/mol. The fourth-order valence-electron chi connectivity index (χ4n) is 3.52. The predicted octanol–water partition coefficient (Wildman–Crippen LogP) is 3.85. The molecule has 2 aliphatic carbocycles. The second-order valence-corrected chi connectivity index (χ2v) is 6.68. The van der Waals surface area contributed by atoms with E-state index in [1.165, 1.54) is 5.56 Å². The van der Waals surface area contributed by atoms with Gasteiger partial charge in [0.1, 0.15) is 0 Å². The van der Waals surface area contributed by atoms with Crippen molar-refractivity contribution in [3.8, 4) is 0 Å². The minimum absolute atomic E-state index is 0.00903. The summed E-state index contributed by atoms with van der Waals surface area (Å²) in [5, 5.41) is 0. The van der Waals surface area contributed by atoms with Crippen molar-refractivity contribution in [1.82, 2.24) is 0 Å². The van der Waals surface area contributed by atoms with Crippen molar-refractivity contribution in [2.75, 3.05) is 17.2 Å². The number of nitrogens with zero attached hydrogens (tertiary/aromatic N) is 1. The lowest BCUT2D eigenvalue weighted by Crippen LogP contribution is -2.35. The van der Waals surface area contributed by atoms with E-state index in [1.54, 1.807) is 12.1 Å². The standard InChI is InChI=1S/C16H16N2O.C7H4O/c17-14-9-3-2-8-13(14)16(19)18-11-5-7-12-6-1-4-10-15(12)18;8-7-5-1-2-6(7)4-3-5/h1-4,6,8-10H,5,7,11,17H2;1-4H. The maximum atomic E-state index is 12.6. The summed E-state index contributed by atoms with van der Waals surface area (Å²) in [5.74, 6) is 0.176. The summed E-state index contributed by atoms with van der Waals surface area (Å²) >= 11 is 0. The lowest BCUT2D eigenvalue weighted by atomic mass is 10.0. The zero-order chi connectivity index (χ0) is 18.8. The van der Waals surface area contributed by atoms with E-state index in [1.807, 2.05) is 59.5 Å². The molecule has 3 aliphatic rings. The third-order valence-electron chi connectivity index (χ3n) is 4.96. The van der Waals surface area contributed by atoms with Crippen LogP contribution in [0.15, 0.2) is 84.0 Å². The maximum absolute atomic E-state index is 12.6. The van der Waals surface area contributed by atoms with Gasteiger partial charge in [0.05, 0.1) is 5.56 Å². The number of hydrogen-bond donors (Lipinski definition) is 1. The summed E-state index contributed by atoms with van der Waals surface area (Å²) in [6, 6.07) is 15.3. The van der Waals surface area contributed by atoms with Crippen LogP contribution in [0.3, 0.4) is 0 Å². The number of hydrogen-bond acceptors (Lipinski definition) is 3. The first-order valence-corrected chi connectivity index (χ1v) is 9.04. The van der Waals surface area contributed by atoms with Gasteiger partial charge in [0.15, 0.2) is 5.78 Å². The molecule has 0 fully saturated rings. The summed E-state index contributed by atoms with van der Waals surface area (Å²) in [6.07, 6.45) is 9.41. The zero-order valence-corrected chi connectivity index (χ0v) is 14.9. The van der Waals surface area contributed by atoms with E-state index in [4.69, 9.17) is 5.73 Å². The molecule has 2 bridgehead atoms. The molecule has 1 amide bonds. The normalized spacial score (nSPS) is 16.3. The minimum Gasteiger partial charge on any atom is -0.398 e. The maximum Gasteiger partial charge on any atom is 0.260 e. The summed E-state index contributed by atoms with van der Waals surface area (Å²) in [5.41, 5.74) is 10.9. The Morgan fingerprint density at radius 1 is 0.926 bits per heavy atom. The van der Waals surface area contributed by atoms with Crippen molar-refractivity contribution >= 4 is 23.1 Å². The molecule has 0 saturated heterocycles. The van der Waals surface area contributed by atoms with Crippen LogP contribution in [0.25, 0.3) is 0 Å². The molecular weight excluding hydrogens is 336 g/mol. The molecule has 1 aliphatic heterocycles. The molecule has 0 aromatic heterocycles. The Hall–Kier alpha value is -3.40. The first kappa shape index (κ1) is 17.0. The number of rotatable bonds is 1. The fourth-order valence-corrected chi connectivity index (χ4v) is 3.52. The molecule has 2 aromatic rings. The van der Waals surface area contributed by atoms with Gasteiger partial charge in [0, 0.05) is 29.1 Å². The highest BCUT2D eigenvalue weighted by molar-refractivity contribution is 6.18. The van der Waals surface area contributed by atoms with Crippen LogP contribution in [-0.2, 0) is 11.2 Å². The third kappa shape index (κ3) is 3.22. The number of Topliss-reactive ketones (excluding diaryl/α,β-unsaturated/α-hetero) is 1. The van der Waals surface area contributed by atoms with Crippen LogP contribution in [0.1, 0.15) is 22.3 Å². The van der Waals surface area contributed by atoms with Crippen LogP contribution >= 0.6 is 0 Å². The Balaban J connectivity index is 0.000000186. The Morgan fingerprint density at radius 3 is 2.22 bits per heavy atom. The van der Waals surface area contributed by atoms with Crippen molar-refractivity contribution in [1.29, 1.82) is 0 Å². The molecule has 1 heterocycles. The number of nitrogens with two attached hydrogens (primary N) is 1. The third-order valence-corrected chi connectivity index (χ3v) is 4.96. The van der Waals surface area contributed by atoms with E-state index in [0.717, 1.165) is 36.2 Å². The summed E-state index contributed by atoms with van der Waals surface area (Å²) < 4.78 is 0. The van der Waals surface area contributed by atoms with Crippen LogP contribution in [0, 0.1) is 0 Å². The number of fused-ring (bicyclic) bond motifs is 3. The average molecular weight is 356 g/mol. The summed E-state index contributed by atoms with van der Waals surface area (Å²) in [4.78, 5) is 25.2. The molecule has 0 unspecified atom stereocenters.